The summed E-state index contributed by atoms with van der Waals surface area (Å²) >= 11 is 0. The van der Waals surface area contributed by atoms with E-state index in [-0.39, 0.29) is 11.9 Å². The van der Waals surface area contributed by atoms with Crippen LogP contribution in [-0.2, 0) is 6.18 Å². The number of fused-ring (bicyclic) bond motifs is 1. The predicted octanol–water partition coefficient (Wildman–Crippen LogP) is 3.64. The van der Waals surface area contributed by atoms with E-state index in [1.54, 1.807) is 24.4 Å². The zero-order chi connectivity index (χ0) is 21.3. The Morgan fingerprint density at radius 2 is 2.00 bits per heavy atom. The van der Waals surface area contributed by atoms with Gasteiger partial charge in [0.2, 0.25) is 5.88 Å². The Kier molecular flexibility index (Phi) is 5.53. The van der Waals surface area contributed by atoms with Gasteiger partial charge in [-0.15, -0.1) is 0 Å². The lowest BCUT2D eigenvalue weighted by atomic mass is 9.92. The van der Waals surface area contributed by atoms with Gasteiger partial charge in [-0.2, -0.15) is 13.2 Å². The van der Waals surface area contributed by atoms with Crippen molar-refractivity contribution in [3.05, 3.63) is 47.8 Å². The van der Waals surface area contributed by atoms with Gasteiger partial charge in [-0.25, -0.2) is 9.97 Å². The summed E-state index contributed by atoms with van der Waals surface area (Å²) in [5, 5.41) is 0. The number of amides is 1. The number of carbonyl (C=O) groups is 1. The van der Waals surface area contributed by atoms with Crippen molar-refractivity contribution in [2.75, 3.05) is 31.1 Å². The van der Waals surface area contributed by atoms with Crippen LogP contribution >= 0.6 is 0 Å². The number of aromatic nitrogens is 2. The second kappa shape index (κ2) is 8.12. The number of ether oxygens (including phenoxy) is 1. The van der Waals surface area contributed by atoms with Crippen LogP contribution in [0.4, 0.5) is 19.0 Å². The number of halogens is 3. The Morgan fingerprint density at radius 3 is 2.77 bits per heavy atom. The fraction of sp³-hybridized carbons (Fsp3) is 0.476. The molecule has 0 saturated carbocycles. The Balaban J connectivity index is 1.55. The molecular formula is C21H23F3N4O2. The molecule has 0 bridgehead atoms. The Bertz CT molecular complexity index is 921. The summed E-state index contributed by atoms with van der Waals surface area (Å²) in [4.78, 5) is 24.9. The van der Waals surface area contributed by atoms with Crippen LogP contribution in [-0.4, -0.2) is 53.1 Å². The number of alkyl halides is 3. The van der Waals surface area contributed by atoms with Gasteiger partial charge in [-0.05, 0) is 49.9 Å². The normalized spacial score (nSPS) is 21.5. The summed E-state index contributed by atoms with van der Waals surface area (Å²) in [6.07, 6.45) is -1.22. The van der Waals surface area contributed by atoms with E-state index in [4.69, 9.17) is 4.74 Å². The Labute approximate surface area is 172 Å². The van der Waals surface area contributed by atoms with E-state index in [9.17, 15) is 18.0 Å². The van der Waals surface area contributed by atoms with Gasteiger partial charge in [0.05, 0.1) is 12.6 Å². The van der Waals surface area contributed by atoms with Gasteiger partial charge in [-0.3, -0.25) is 4.79 Å². The van der Waals surface area contributed by atoms with Crippen LogP contribution in [0, 0.1) is 5.92 Å². The first kappa shape index (κ1) is 20.4. The number of rotatable bonds is 4. The summed E-state index contributed by atoms with van der Waals surface area (Å²) in [5.41, 5.74) is -0.493. The molecule has 2 aliphatic heterocycles. The first-order valence-electron chi connectivity index (χ1n) is 10.1. The molecule has 6 nitrogen and oxygen atoms in total. The smallest absolute Gasteiger partial charge is 0.433 e. The molecule has 2 aromatic rings. The maximum absolute atomic E-state index is 13.2. The molecule has 30 heavy (non-hydrogen) atoms. The average molecular weight is 420 g/mol. The minimum absolute atomic E-state index is 0.0859. The van der Waals surface area contributed by atoms with Crippen molar-refractivity contribution < 1.29 is 22.7 Å². The van der Waals surface area contributed by atoms with Gasteiger partial charge in [0.25, 0.3) is 5.91 Å². The monoisotopic (exact) mass is 420 g/mol. The molecule has 0 aromatic carbocycles. The van der Waals surface area contributed by atoms with Gasteiger partial charge >= 0.3 is 6.18 Å². The maximum Gasteiger partial charge on any atom is 0.433 e. The van der Waals surface area contributed by atoms with Gasteiger partial charge in [0.1, 0.15) is 17.1 Å². The third-order valence-electron chi connectivity index (χ3n) is 5.75. The summed E-state index contributed by atoms with van der Waals surface area (Å²) in [5.74, 6) is 0.765. The molecular weight excluding hydrogens is 397 g/mol. The average Bonchev–Trinajstić information content (AvgIpc) is 3.16. The van der Waals surface area contributed by atoms with Gasteiger partial charge < -0.3 is 14.5 Å². The second-order valence-corrected chi connectivity index (χ2v) is 7.52. The number of hydrogen-bond donors (Lipinski definition) is 0. The fourth-order valence-corrected chi connectivity index (χ4v) is 4.32. The highest BCUT2D eigenvalue weighted by atomic mass is 19.4. The molecule has 2 saturated heterocycles. The van der Waals surface area contributed by atoms with Crippen LogP contribution in [0.3, 0.4) is 0 Å². The molecule has 2 unspecified atom stereocenters. The Morgan fingerprint density at radius 1 is 1.20 bits per heavy atom. The van der Waals surface area contributed by atoms with Crippen LogP contribution in [0.1, 0.15) is 35.8 Å². The van der Waals surface area contributed by atoms with Crippen LogP contribution < -0.4 is 9.64 Å². The van der Waals surface area contributed by atoms with E-state index in [1.807, 2.05) is 16.7 Å². The van der Waals surface area contributed by atoms with Gasteiger partial charge in [-0.1, -0.05) is 6.07 Å². The number of carbonyl (C=O) groups excluding carboxylic acids is 1. The number of nitrogens with zero attached hydrogens (tertiary/aromatic N) is 4. The van der Waals surface area contributed by atoms with Crippen LogP contribution in [0.2, 0.25) is 0 Å². The van der Waals surface area contributed by atoms with E-state index in [0.717, 1.165) is 18.9 Å². The molecule has 2 fully saturated rings. The number of likely N-dealkylation sites (tertiary alicyclic amines) is 1. The van der Waals surface area contributed by atoms with E-state index < -0.39 is 11.9 Å². The van der Waals surface area contributed by atoms with E-state index in [2.05, 4.69) is 9.97 Å². The molecule has 0 N–H and O–H groups in total. The van der Waals surface area contributed by atoms with Crippen LogP contribution in [0.25, 0.3) is 0 Å². The second-order valence-electron chi connectivity index (χ2n) is 7.52. The van der Waals surface area contributed by atoms with Crippen LogP contribution in [0.5, 0.6) is 5.88 Å². The molecule has 2 aliphatic rings. The highest BCUT2D eigenvalue weighted by molar-refractivity contribution is 5.96. The number of anilines is 1. The quantitative estimate of drug-likeness (QED) is 0.756. The lowest BCUT2D eigenvalue weighted by molar-refractivity contribution is -0.141. The third-order valence-corrected chi connectivity index (χ3v) is 5.75. The van der Waals surface area contributed by atoms with Crippen LogP contribution in [0.15, 0.2) is 36.5 Å². The first-order chi connectivity index (χ1) is 14.4. The lowest BCUT2D eigenvalue weighted by Gasteiger charge is -2.39. The van der Waals surface area contributed by atoms with Crippen molar-refractivity contribution in [2.45, 2.75) is 32.0 Å². The van der Waals surface area contributed by atoms with E-state index >= 15 is 0 Å². The minimum Gasteiger partial charge on any atom is -0.477 e. The maximum atomic E-state index is 13.2. The third kappa shape index (κ3) is 3.93. The summed E-state index contributed by atoms with van der Waals surface area (Å²) < 4.78 is 44.7. The van der Waals surface area contributed by atoms with Crippen molar-refractivity contribution >= 4 is 11.7 Å². The summed E-state index contributed by atoms with van der Waals surface area (Å²) in [6.45, 7) is 3.91. The molecule has 2 aromatic heterocycles. The van der Waals surface area contributed by atoms with Crippen molar-refractivity contribution in [3.63, 3.8) is 0 Å². The molecule has 2 atom stereocenters. The lowest BCUT2D eigenvalue weighted by Crippen LogP contribution is -2.50. The van der Waals surface area contributed by atoms with E-state index in [0.29, 0.717) is 49.4 Å². The SMILES string of the molecule is CCOc1ncccc1C(=O)N1CCC2CCN(c3cccc(C(F)(F)F)n3)CC21. The number of piperidine rings is 1. The molecule has 160 valence electrons. The predicted molar refractivity (Wildman–Crippen MR) is 104 cm³/mol. The Hall–Kier alpha value is -2.84. The molecule has 0 radical (unpaired) electrons. The van der Waals surface area contributed by atoms with Crippen molar-refractivity contribution in [2.24, 2.45) is 5.92 Å². The van der Waals surface area contributed by atoms with Gasteiger partial charge in [0, 0.05) is 25.8 Å². The van der Waals surface area contributed by atoms with E-state index in [1.165, 1.54) is 6.07 Å². The molecule has 1 amide bonds. The van der Waals surface area contributed by atoms with Crippen molar-refractivity contribution in [1.29, 1.82) is 0 Å². The number of hydrogen-bond acceptors (Lipinski definition) is 5. The minimum atomic E-state index is -4.49. The largest absolute Gasteiger partial charge is 0.477 e. The summed E-state index contributed by atoms with van der Waals surface area (Å²) in [6, 6.07) is 7.24. The topological polar surface area (TPSA) is 58.6 Å². The van der Waals surface area contributed by atoms with Gasteiger partial charge in [0.15, 0.2) is 0 Å². The molecule has 4 heterocycles. The molecule has 0 spiro atoms. The molecule has 9 heteroatoms. The van der Waals surface area contributed by atoms with Crippen molar-refractivity contribution in [3.8, 4) is 5.88 Å². The first-order valence-corrected chi connectivity index (χ1v) is 10.1. The highest BCUT2D eigenvalue weighted by Crippen LogP contribution is 2.36. The van der Waals surface area contributed by atoms with Crippen molar-refractivity contribution in [1.82, 2.24) is 14.9 Å². The standard InChI is InChI=1S/C21H23F3N4O2/c1-2-30-19-15(5-4-10-25-19)20(29)28-12-9-14-8-11-27(13-16(14)28)18-7-3-6-17(26-18)21(22,23)24/h3-7,10,14,16H,2,8-9,11-13H2,1H3. The zero-order valence-electron chi connectivity index (χ0n) is 16.6. The highest BCUT2D eigenvalue weighted by Gasteiger charge is 2.42. The molecule has 4 rings (SSSR count). The summed E-state index contributed by atoms with van der Waals surface area (Å²) in [7, 11) is 0. The molecule has 0 aliphatic carbocycles. The number of pyridine rings is 2. The fourth-order valence-electron chi connectivity index (χ4n) is 4.32. The zero-order valence-corrected chi connectivity index (χ0v) is 16.6.